The number of sulfone groups is 1. The molecule has 0 N–H and O–H groups in total. The highest BCUT2D eigenvalue weighted by molar-refractivity contribution is 7.92. The van der Waals surface area contributed by atoms with E-state index >= 15 is 0 Å². The number of hydrogen-bond donors (Lipinski definition) is 0. The topological polar surface area (TPSA) is 50.5 Å². The van der Waals surface area contributed by atoms with Crippen LogP contribution in [0, 0.1) is 5.92 Å². The van der Waals surface area contributed by atoms with E-state index in [0.29, 0.717) is 12.5 Å². The average molecular weight is 297 g/mol. The molecule has 0 radical (unpaired) electrons. The van der Waals surface area contributed by atoms with Gasteiger partial charge < -0.3 is 4.42 Å². The molecule has 1 aliphatic carbocycles. The maximum atomic E-state index is 11.9. The molecule has 0 bridgehead atoms. The predicted molar refractivity (Wildman–Crippen MR) is 78.4 cm³/mol. The zero-order valence-corrected chi connectivity index (χ0v) is 13.0. The first-order valence-corrected chi connectivity index (χ1v) is 9.20. The monoisotopic (exact) mass is 297 g/mol. The molecule has 2 aliphatic rings. The third-order valence-corrected chi connectivity index (χ3v) is 6.91. The van der Waals surface area contributed by atoms with Gasteiger partial charge in [-0.15, -0.1) is 0 Å². The van der Waals surface area contributed by atoms with Crippen LogP contribution in [0.2, 0.25) is 0 Å². The highest BCUT2D eigenvalue weighted by atomic mass is 32.2. The third kappa shape index (κ3) is 2.93. The van der Waals surface area contributed by atoms with Crippen LogP contribution in [0.5, 0.6) is 0 Å². The van der Waals surface area contributed by atoms with Gasteiger partial charge in [-0.05, 0) is 44.4 Å². The Bertz CT molecular complexity index is 578. The molecule has 2 fully saturated rings. The Hall–Kier alpha value is -0.810. The Labute approximate surface area is 121 Å². The zero-order valence-electron chi connectivity index (χ0n) is 12.2. The molecule has 112 valence electrons. The van der Waals surface area contributed by atoms with E-state index in [1.165, 1.54) is 6.42 Å². The predicted octanol–water partition coefficient (Wildman–Crippen LogP) is 2.41. The molecule has 1 aliphatic heterocycles. The van der Waals surface area contributed by atoms with Gasteiger partial charge in [0.1, 0.15) is 11.5 Å². The van der Waals surface area contributed by atoms with Gasteiger partial charge in [-0.2, -0.15) is 0 Å². The molecule has 0 amide bonds. The lowest BCUT2D eigenvalue weighted by Gasteiger charge is -2.17. The fraction of sp³-hybridized carbons (Fsp3) is 0.733. The lowest BCUT2D eigenvalue weighted by molar-refractivity contribution is 0.256. The van der Waals surface area contributed by atoms with Gasteiger partial charge in [0.15, 0.2) is 9.84 Å². The zero-order chi connectivity index (χ0) is 14.3. The molecule has 1 saturated heterocycles. The summed E-state index contributed by atoms with van der Waals surface area (Å²) in [4.78, 5) is 2.19. The minimum absolute atomic E-state index is 0.216. The van der Waals surface area contributed by atoms with Crippen molar-refractivity contribution < 1.29 is 12.8 Å². The van der Waals surface area contributed by atoms with Crippen molar-refractivity contribution in [2.75, 3.05) is 18.8 Å². The second kappa shape index (κ2) is 5.19. The SMILES string of the molecule is C[C@@H]1C[C@@H]1c1ccc(CN2CC[C@@H](C)S(=O)(=O)CC2)o1. The molecule has 0 spiro atoms. The second-order valence-electron chi connectivity index (χ2n) is 6.37. The number of rotatable bonds is 3. The summed E-state index contributed by atoms with van der Waals surface area (Å²) in [6.45, 7) is 6.23. The first-order chi connectivity index (χ1) is 9.45. The van der Waals surface area contributed by atoms with Crippen LogP contribution in [0.15, 0.2) is 16.5 Å². The summed E-state index contributed by atoms with van der Waals surface area (Å²) in [5, 5.41) is -0.216. The lowest BCUT2D eigenvalue weighted by Crippen LogP contribution is -2.26. The smallest absolute Gasteiger partial charge is 0.154 e. The highest BCUT2D eigenvalue weighted by Gasteiger charge is 2.36. The van der Waals surface area contributed by atoms with Crippen LogP contribution in [0.3, 0.4) is 0 Å². The Morgan fingerprint density at radius 3 is 2.75 bits per heavy atom. The van der Waals surface area contributed by atoms with Gasteiger partial charge in [0.2, 0.25) is 0 Å². The van der Waals surface area contributed by atoms with E-state index in [4.69, 9.17) is 4.42 Å². The van der Waals surface area contributed by atoms with Crippen LogP contribution in [-0.4, -0.2) is 37.4 Å². The van der Waals surface area contributed by atoms with Crippen molar-refractivity contribution in [2.24, 2.45) is 5.92 Å². The van der Waals surface area contributed by atoms with Crippen molar-refractivity contribution in [3.05, 3.63) is 23.7 Å². The third-order valence-electron chi connectivity index (χ3n) is 4.69. The summed E-state index contributed by atoms with van der Waals surface area (Å²) >= 11 is 0. The van der Waals surface area contributed by atoms with Gasteiger partial charge in [-0.25, -0.2) is 8.42 Å². The van der Waals surface area contributed by atoms with E-state index in [-0.39, 0.29) is 11.0 Å². The maximum absolute atomic E-state index is 11.9. The van der Waals surface area contributed by atoms with Gasteiger partial charge >= 0.3 is 0 Å². The van der Waals surface area contributed by atoms with Gasteiger partial charge in [0.05, 0.1) is 17.5 Å². The van der Waals surface area contributed by atoms with Crippen molar-refractivity contribution >= 4 is 9.84 Å². The number of nitrogens with zero attached hydrogens (tertiary/aromatic N) is 1. The Morgan fingerprint density at radius 2 is 2.05 bits per heavy atom. The summed E-state index contributed by atoms with van der Waals surface area (Å²) in [5.41, 5.74) is 0. The number of hydrogen-bond acceptors (Lipinski definition) is 4. The van der Waals surface area contributed by atoms with Crippen LogP contribution in [0.4, 0.5) is 0 Å². The van der Waals surface area contributed by atoms with Gasteiger partial charge in [0.25, 0.3) is 0 Å². The van der Waals surface area contributed by atoms with Crippen molar-refractivity contribution in [3.8, 4) is 0 Å². The van der Waals surface area contributed by atoms with Crippen LogP contribution in [0.1, 0.15) is 44.1 Å². The van der Waals surface area contributed by atoms with Crippen LogP contribution in [-0.2, 0) is 16.4 Å². The molecule has 1 aromatic heterocycles. The Kier molecular flexibility index (Phi) is 3.67. The van der Waals surface area contributed by atoms with Crippen molar-refractivity contribution in [3.63, 3.8) is 0 Å². The first-order valence-electron chi connectivity index (χ1n) is 7.48. The molecular weight excluding hydrogens is 274 g/mol. The molecule has 5 heteroatoms. The van der Waals surface area contributed by atoms with E-state index in [1.807, 2.05) is 13.0 Å². The molecular formula is C15H23NO3S. The Balaban J connectivity index is 1.62. The molecule has 0 unspecified atom stereocenters. The molecule has 1 saturated carbocycles. The van der Waals surface area contributed by atoms with Gasteiger partial charge in [-0.1, -0.05) is 6.92 Å². The Morgan fingerprint density at radius 1 is 1.30 bits per heavy atom. The average Bonchev–Trinajstić information content (AvgIpc) is 2.98. The molecule has 2 heterocycles. The first kappa shape index (κ1) is 14.1. The fourth-order valence-corrected chi connectivity index (χ4v) is 4.27. The van der Waals surface area contributed by atoms with Crippen LogP contribution < -0.4 is 0 Å². The molecule has 20 heavy (non-hydrogen) atoms. The van der Waals surface area contributed by atoms with Crippen LogP contribution >= 0.6 is 0 Å². The molecule has 1 aromatic rings. The summed E-state index contributed by atoms with van der Waals surface area (Å²) in [5.74, 6) is 3.68. The van der Waals surface area contributed by atoms with Crippen molar-refractivity contribution in [2.45, 2.75) is 44.4 Å². The standard InChI is InChI=1S/C15H23NO3S/c1-11-9-14(11)15-4-3-13(19-15)10-16-6-5-12(2)20(17,18)8-7-16/h3-4,11-12,14H,5-10H2,1-2H3/t11-,12-,14+/m1/s1. The summed E-state index contributed by atoms with van der Waals surface area (Å²) in [6.07, 6.45) is 1.95. The quantitative estimate of drug-likeness (QED) is 0.859. The molecule has 0 aromatic carbocycles. The highest BCUT2D eigenvalue weighted by Crippen LogP contribution is 2.47. The van der Waals surface area contributed by atoms with Crippen molar-refractivity contribution in [1.29, 1.82) is 0 Å². The van der Waals surface area contributed by atoms with Crippen molar-refractivity contribution in [1.82, 2.24) is 4.90 Å². The summed E-state index contributed by atoms with van der Waals surface area (Å²) < 4.78 is 29.7. The molecule has 3 rings (SSSR count). The minimum Gasteiger partial charge on any atom is -0.464 e. The van der Waals surface area contributed by atoms with E-state index in [1.54, 1.807) is 0 Å². The maximum Gasteiger partial charge on any atom is 0.154 e. The van der Waals surface area contributed by atoms with Crippen LogP contribution in [0.25, 0.3) is 0 Å². The largest absolute Gasteiger partial charge is 0.464 e. The molecule has 3 atom stereocenters. The van der Waals surface area contributed by atoms with Gasteiger partial charge in [-0.3, -0.25) is 4.90 Å². The van der Waals surface area contributed by atoms with E-state index in [9.17, 15) is 8.42 Å². The van der Waals surface area contributed by atoms with E-state index in [2.05, 4.69) is 17.9 Å². The molecule has 4 nitrogen and oxygen atoms in total. The van der Waals surface area contributed by atoms with E-state index < -0.39 is 9.84 Å². The summed E-state index contributed by atoms with van der Waals surface area (Å²) in [7, 11) is -2.90. The second-order valence-corrected chi connectivity index (χ2v) is 8.90. The lowest BCUT2D eigenvalue weighted by atomic mass is 10.2. The minimum atomic E-state index is -2.90. The number of furan rings is 1. The van der Waals surface area contributed by atoms with E-state index in [0.717, 1.165) is 36.9 Å². The fourth-order valence-electron chi connectivity index (χ4n) is 2.89. The normalized spacial score (nSPS) is 33.8. The van der Waals surface area contributed by atoms with Gasteiger partial charge in [0, 0.05) is 12.5 Å². The summed E-state index contributed by atoms with van der Waals surface area (Å²) in [6, 6.07) is 4.13.